The summed E-state index contributed by atoms with van der Waals surface area (Å²) in [7, 11) is 2.19. The van der Waals surface area contributed by atoms with Gasteiger partial charge < -0.3 is 15.5 Å². The molecule has 4 heteroatoms. The van der Waals surface area contributed by atoms with E-state index in [1.54, 1.807) is 0 Å². The average Bonchev–Trinajstić information content (AvgIpc) is 2.60. The number of hydrogen-bond acceptors (Lipinski definition) is 3. The summed E-state index contributed by atoms with van der Waals surface area (Å²) in [5.74, 6) is 0.163. The van der Waals surface area contributed by atoms with Gasteiger partial charge in [-0.05, 0) is 45.5 Å². The molecule has 0 radical (unpaired) electrons. The van der Waals surface area contributed by atoms with Crippen molar-refractivity contribution >= 4 is 11.5 Å². The van der Waals surface area contributed by atoms with Crippen LogP contribution in [0.15, 0.2) is 18.2 Å². The van der Waals surface area contributed by atoms with Gasteiger partial charge in [0.15, 0.2) is 0 Å². The number of hydrogen-bond donors (Lipinski definition) is 2. The van der Waals surface area contributed by atoms with Crippen molar-refractivity contribution < 1.29 is 0 Å². The first kappa shape index (κ1) is 14.9. The van der Waals surface area contributed by atoms with E-state index in [0.717, 1.165) is 49.3 Å². The quantitative estimate of drug-likeness (QED) is 0.656. The lowest BCUT2D eigenvalue weighted by molar-refractivity contribution is 0.328. The Morgan fingerprint density at radius 1 is 1.40 bits per heavy atom. The molecule has 4 nitrogen and oxygen atoms in total. The zero-order valence-corrected chi connectivity index (χ0v) is 12.8. The molecule has 0 aromatic heterocycles. The van der Waals surface area contributed by atoms with E-state index in [1.165, 1.54) is 0 Å². The minimum atomic E-state index is 0.163. The molecular formula is C16H26N4. The summed E-state index contributed by atoms with van der Waals surface area (Å²) in [4.78, 5) is 4.84. The third-order valence-corrected chi connectivity index (χ3v) is 4.12. The second-order valence-electron chi connectivity index (χ2n) is 5.81. The van der Waals surface area contributed by atoms with Crippen LogP contribution in [0.25, 0.3) is 0 Å². The Balaban J connectivity index is 2.39. The molecule has 2 rings (SSSR count). The fourth-order valence-electron chi connectivity index (χ4n) is 3.03. The zero-order chi connectivity index (χ0) is 14.7. The van der Waals surface area contributed by atoms with E-state index >= 15 is 0 Å². The minimum Gasteiger partial charge on any atom is -0.384 e. The van der Waals surface area contributed by atoms with Gasteiger partial charge in [-0.3, -0.25) is 5.41 Å². The molecule has 0 spiro atoms. The number of anilines is 1. The van der Waals surface area contributed by atoms with Gasteiger partial charge in [0.05, 0.1) is 0 Å². The maximum Gasteiger partial charge on any atom is 0.124 e. The number of likely N-dealkylation sites (N-methyl/N-ethyl adjacent to an activating group) is 1. The summed E-state index contributed by atoms with van der Waals surface area (Å²) in [5, 5.41) is 7.85. The molecule has 110 valence electrons. The Kier molecular flexibility index (Phi) is 4.65. The van der Waals surface area contributed by atoms with E-state index < -0.39 is 0 Å². The first-order valence-electron chi connectivity index (χ1n) is 7.43. The predicted octanol–water partition coefficient (Wildman–Crippen LogP) is 2.20. The van der Waals surface area contributed by atoms with Crippen molar-refractivity contribution in [2.45, 2.75) is 32.7 Å². The minimum absolute atomic E-state index is 0.163. The van der Waals surface area contributed by atoms with Crippen LogP contribution in [0.2, 0.25) is 0 Å². The standard InChI is InChI=1S/C16H26N4/c1-4-13-11-19(3)8-5-9-20(13)15-7-6-12(2)10-14(15)16(17)18/h6-7,10,13H,4-5,8-9,11H2,1-3H3,(H3,17,18). The van der Waals surface area contributed by atoms with Crippen molar-refractivity contribution in [1.29, 1.82) is 5.41 Å². The molecule has 1 fully saturated rings. The van der Waals surface area contributed by atoms with Gasteiger partial charge in [-0.1, -0.05) is 18.6 Å². The summed E-state index contributed by atoms with van der Waals surface area (Å²) >= 11 is 0. The van der Waals surface area contributed by atoms with Gasteiger partial charge in [-0.2, -0.15) is 0 Å². The zero-order valence-electron chi connectivity index (χ0n) is 12.8. The molecular weight excluding hydrogens is 248 g/mol. The van der Waals surface area contributed by atoms with E-state index in [2.05, 4.69) is 35.9 Å². The molecule has 1 aliphatic rings. The molecule has 0 amide bonds. The Bertz CT molecular complexity index is 483. The third kappa shape index (κ3) is 3.12. The van der Waals surface area contributed by atoms with Crippen LogP contribution in [-0.2, 0) is 0 Å². The summed E-state index contributed by atoms with van der Waals surface area (Å²) in [6.45, 7) is 7.52. The van der Waals surface area contributed by atoms with Gasteiger partial charge in [0, 0.05) is 30.4 Å². The van der Waals surface area contributed by atoms with Crippen LogP contribution in [0.3, 0.4) is 0 Å². The molecule has 3 N–H and O–H groups in total. The summed E-state index contributed by atoms with van der Waals surface area (Å²) in [6, 6.07) is 6.76. The van der Waals surface area contributed by atoms with Crippen molar-refractivity contribution in [2.24, 2.45) is 5.73 Å². The molecule has 1 heterocycles. The van der Waals surface area contributed by atoms with Gasteiger partial charge in [0.25, 0.3) is 0 Å². The van der Waals surface area contributed by atoms with Crippen LogP contribution in [0.5, 0.6) is 0 Å². The SMILES string of the molecule is CCC1CN(C)CCCN1c1ccc(C)cc1C(=N)N. The van der Waals surface area contributed by atoms with E-state index in [9.17, 15) is 0 Å². The summed E-state index contributed by atoms with van der Waals surface area (Å²) in [6.07, 6.45) is 2.26. The Labute approximate surface area is 122 Å². The van der Waals surface area contributed by atoms with Crippen molar-refractivity contribution in [3.05, 3.63) is 29.3 Å². The summed E-state index contributed by atoms with van der Waals surface area (Å²) < 4.78 is 0. The average molecular weight is 274 g/mol. The number of nitrogens with zero attached hydrogens (tertiary/aromatic N) is 2. The molecule has 1 atom stereocenters. The van der Waals surface area contributed by atoms with Crippen molar-refractivity contribution in [1.82, 2.24) is 4.90 Å². The van der Waals surface area contributed by atoms with Crippen LogP contribution in [0, 0.1) is 12.3 Å². The van der Waals surface area contributed by atoms with Gasteiger partial charge >= 0.3 is 0 Å². The monoisotopic (exact) mass is 274 g/mol. The van der Waals surface area contributed by atoms with Crippen LogP contribution < -0.4 is 10.6 Å². The Morgan fingerprint density at radius 2 is 2.15 bits per heavy atom. The second-order valence-corrected chi connectivity index (χ2v) is 5.81. The molecule has 0 bridgehead atoms. The molecule has 0 saturated carbocycles. The fraction of sp³-hybridized carbons (Fsp3) is 0.562. The highest BCUT2D eigenvalue weighted by Crippen LogP contribution is 2.26. The lowest BCUT2D eigenvalue weighted by atomic mass is 10.0. The largest absolute Gasteiger partial charge is 0.384 e. The maximum atomic E-state index is 7.85. The number of aryl methyl sites for hydroxylation is 1. The van der Waals surface area contributed by atoms with Crippen LogP contribution >= 0.6 is 0 Å². The molecule has 1 unspecified atom stereocenters. The first-order chi connectivity index (χ1) is 9.52. The molecule has 0 aliphatic carbocycles. The number of nitrogen functional groups attached to an aromatic ring is 1. The summed E-state index contributed by atoms with van der Waals surface area (Å²) in [5.41, 5.74) is 8.93. The predicted molar refractivity (Wildman–Crippen MR) is 85.7 cm³/mol. The molecule has 1 aliphatic heterocycles. The lowest BCUT2D eigenvalue weighted by Crippen LogP contribution is -2.40. The Hall–Kier alpha value is -1.55. The van der Waals surface area contributed by atoms with Crippen molar-refractivity contribution in [3.8, 4) is 0 Å². The van der Waals surface area contributed by atoms with Crippen molar-refractivity contribution in [3.63, 3.8) is 0 Å². The lowest BCUT2D eigenvalue weighted by Gasteiger charge is -2.33. The highest BCUT2D eigenvalue weighted by Gasteiger charge is 2.24. The number of nitrogens with one attached hydrogen (secondary N) is 1. The van der Waals surface area contributed by atoms with Crippen molar-refractivity contribution in [2.75, 3.05) is 31.6 Å². The van der Waals surface area contributed by atoms with Crippen LogP contribution in [0.1, 0.15) is 30.9 Å². The van der Waals surface area contributed by atoms with E-state index in [0.29, 0.717) is 6.04 Å². The van der Waals surface area contributed by atoms with Gasteiger partial charge in [-0.15, -0.1) is 0 Å². The van der Waals surface area contributed by atoms with E-state index in [1.807, 2.05) is 13.0 Å². The first-order valence-corrected chi connectivity index (χ1v) is 7.43. The molecule has 1 aromatic rings. The number of nitrogens with two attached hydrogens (primary N) is 1. The van der Waals surface area contributed by atoms with Gasteiger partial charge in [0.1, 0.15) is 5.84 Å². The van der Waals surface area contributed by atoms with Crippen LogP contribution in [-0.4, -0.2) is 43.5 Å². The number of rotatable bonds is 3. The van der Waals surface area contributed by atoms with E-state index in [-0.39, 0.29) is 5.84 Å². The smallest absolute Gasteiger partial charge is 0.124 e. The number of benzene rings is 1. The molecule has 1 saturated heterocycles. The number of amidine groups is 1. The Morgan fingerprint density at radius 3 is 2.80 bits per heavy atom. The highest BCUT2D eigenvalue weighted by molar-refractivity contribution is 6.00. The highest BCUT2D eigenvalue weighted by atomic mass is 15.2. The van der Waals surface area contributed by atoms with Crippen LogP contribution in [0.4, 0.5) is 5.69 Å². The molecule has 20 heavy (non-hydrogen) atoms. The molecule has 1 aromatic carbocycles. The van der Waals surface area contributed by atoms with E-state index in [4.69, 9.17) is 11.1 Å². The van der Waals surface area contributed by atoms with Gasteiger partial charge in [0.2, 0.25) is 0 Å². The fourth-order valence-corrected chi connectivity index (χ4v) is 3.03. The third-order valence-electron chi connectivity index (χ3n) is 4.12. The normalized spacial score (nSPS) is 20.8. The maximum absolute atomic E-state index is 7.85. The van der Waals surface area contributed by atoms with Gasteiger partial charge in [-0.25, -0.2) is 0 Å². The topological polar surface area (TPSA) is 56.4 Å². The second kappa shape index (κ2) is 6.27.